The zero-order valence-corrected chi connectivity index (χ0v) is 10.6. The van der Waals surface area contributed by atoms with Crippen molar-refractivity contribution in [1.82, 2.24) is 10.1 Å². The average molecular weight is 225 g/mol. The molecular formula is C12H23N3O. The third kappa shape index (κ3) is 5.26. The zero-order chi connectivity index (χ0) is 12.0. The summed E-state index contributed by atoms with van der Waals surface area (Å²) >= 11 is 0. The fourth-order valence-corrected chi connectivity index (χ4v) is 1.54. The third-order valence-corrected chi connectivity index (χ3v) is 2.29. The van der Waals surface area contributed by atoms with Crippen LogP contribution < -0.4 is 5.73 Å². The van der Waals surface area contributed by atoms with Crippen molar-refractivity contribution in [3.05, 3.63) is 11.7 Å². The fraction of sp³-hybridized carbons (Fsp3) is 0.833. The molecule has 0 aliphatic rings. The Bertz CT molecular complexity index is 301. The predicted molar refractivity (Wildman–Crippen MR) is 64.1 cm³/mol. The molecule has 4 nitrogen and oxygen atoms in total. The molecule has 1 aromatic heterocycles. The summed E-state index contributed by atoms with van der Waals surface area (Å²) in [5.74, 6) is 1.58. The first-order valence-corrected chi connectivity index (χ1v) is 6.03. The van der Waals surface area contributed by atoms with Crippen molar-refractivity contribution in [2.24, 2.45) is 11.1 Å². The largest absolute Gasteiger partial charge is 0.339 e. The van der Waals surface area contributed by atoms with Crippen molar-refractivity contribution >= 4 is 0 Å². The van der Waals surface area contributed by atoms with E-state index in [1.165, 1.54) is 0 Å². The van der Waals surface area contributed by atoms with E-state index in [1.54, 1.807) is 0 Å². The van der Waals surface area contributed by atoms with Gasteiger partial charge in [0.1, 0.15) is 0 Å². The number of hydrogen-bond acceptors (Lipinski definition) is 4. The second-order valence-corrected chi connectivity index (χ2v) is 5.44. The van der Waals surface area contributed by atoms with E-state index in [4.69, 9.17) is 10.3 Å². The molecule has 0 aliphatic carbocycles. The van der Waals surface area contributed by atoms with E-state index in [0.717, 1.165) is 50.4 Å². The Morgan fingerprint density at radius 1 is 1.19 bits per heavy atom. The molecule has 1 aromatic rings. The molecule has 0 amide bonds. The van der Waals surface area contributed by atoms with Gasteiger partial charge < -0.3 is 10.3 Å². The molecule has 0 fully saturated rings. The van der Waals surface area contributed by atoms with Crippen LogP contribution in [0.5, 0.6) is 0 Å². The Hall–Kier alpha value is -0.900. The molecule has 0 saturated heterocycles. The van der Waals surface area contributed by atoms with Gasteiger partial charge in [-0.05, 0) is 24.8 Å². The zero-order valence-electron chi connectivity index (χ0n) is 10.6. The first-order chi connectivity index (χ1) is 7.51. The summed E-state index contributed by atoms with van der Waals surface area (Å²) in [5, 5.41) is 3.99. The van der Waals surface area contributed by atoms with Crippen molar-refractivity contribution < 1.29 is 4.52 Å². The average Bonchev–Trinajstić information content (AvgIpc) is 2.58. The van der Waals surface area contributed by atoms with Gasteiger partial charge in [0, 0.05) is 12.8 Å². The van der Waals surface area contributed by atoms with Crippen LogP contribution in [-0.4, -0.2) is 16.7 Å². The highest BCUT2D eigenvalue weighted by atomic mass is 16.5. The van der Waals surface area contributed by atoms with Crippen LogP contribution in [0.25, 0.3) is 0 Å². The van der Waals surface area contributed by atoms with Crippen molar-refractivity contribution in [3.8, 4) is 0 Å². The smallest absolute Gasteiger partial charge is 0.226 e. The van der Waals surface area contributed by atoms with Gasteiger partial charge >= 0.3 is 0 Å². The topological polar surface area (TPSA) is 64.9 Å². The van der Waals surface area contributed by atoms with Crippen molar-refractivity contribution in [2.45, 2.75) is 52.9 Å². The van der Waals surface area contributed by atoms with E-state index >= 15 is 0 Å². The molecule has 0 spiro atoms. The number of hydrogen-bond donors (Lipinski definition) is 1. The van der Waals surface area contributed by atoms with E-state index in [9.17, 15) is 0 Å². The number of unbranched alkanes of at least 4 members (excludes halogenated alkanes) is 2. The maximum absolute atomic E-state index is 5.43. The highest BCUT2D eigenvalue weighted by Gasteiger charge is 2.15. The maximum Gasteiger partial charge on any atom is 0.226 e. The lowest BCUT2D eigenvalue weighted by molar-refractivity contribution is 0.352. The van der Waals surface area contributed by atoms with E-state index < -0.39 is 0 Å². The number of aromatic nitrogens is 2. The lowest BCUT2D eigenvalue weighted by Crippen LogP contribution is -2.10. The van der Waals surface area contributed by atoms with Crippen LogP contribution >= 0.6 is 0 Å². The SMILES string of the molecule is CC(C)(C)Cc1noc(CCCCCN)n1. The molecule has 0 bridgehead atoms. The van der Waals surface area contributed by atoms with Crippen LogP contribution in [0, 0.1) is 5.41 Å². The highest BCUT2D eigenvalue weighted by molar-refractivity contribution is 4.90. The lowest BCUT2D eigenvalue weighted by Gasteiger charge is -2.14. The molecule has 0 aliphatic heterocycles. The van der Waals surface area contributed by atoms with Gasteiger partial charge in [0.05, 0.1) is 0 Å². The number of rotatable bonds is 6. The summed E-state index contributed by atoms with van der Waals surface area (Å²) in [4.78, 5) is 4.38. The molecule has 1 rings (SSSR count). The van der Waals surface area contributed by atoms with Gasteiger partial charge in [0.25, 0.3) is 0 Å². The predicted octanol–water partition coefficient (Wildman–Crippen LogP) is 2.33. The van der Waals surface area contributed by atoms with Crippen LogP contribution in [0.2, 0.25) is 0 Å². The standard InChI is InChI=1S/C12H23N3O/c1-12(2,3)9-10-14-11(16-15-10)7-5-4-6-8-13/h4-9,13H2,1-3H3. The van der Waals surface area contributed by atoms with Gasteiger partial charge in [-0.25, -0.2) is 0 Å². The second kappa shape index (κ2) is 5.99. The molecule has 2 N–H and O–H groups in total. The summed E-state index contributed by atoms with van der Waals surface area (Å²) in [6, 6.07) is 0. The summed E-state index contributed by atoms with van der Waals surface area (Å²) in [7, 11) is 0. The maximum atomic E-state index is 5.43. The van der Waals surface area contributed by atoms with Crippen LogP contribution in [-0.2, 0) is 12.8 Å². The minimum absolute atomic E-state index is 0.209. The normalized spacial score (nSPS) is 12.0. The number of aryl methyl sites for hydroxylation is 1. The van der Waals surface area contributed by atoms with Crippen molar-refractivity contribution in [1.29, 1.82) is 0 Å². The molecule has 4 heteroatoms. The van der Waals surface area contributed by atoms with Crippen LogP contribution in [0.4, 0.5) is 0 Å². The van der Waals surface area contributed by atoms with Crippen molar-refractivity contribution in [3.63, 3.8) is 0 Å². The van der Waals surface area contributed by atoms with Gasteiger partial charge in [-0.15, -0.1) is 0 Å². The van der Waals surface area contributed by atoms with Crippen LogP contribution in [0.3, 0.4) is 0 Å². The first-order valence-electron chi connectivity index (χ1n) is 6.03. The Morgan fingerprint density at radius 3 is 2.56 bits per heavy atom. The van der Waals surface area contributed by atoms with Gasteiger partial charge in [0.15, 0.2) is 5.82 Å². The van der Waals surface area contributed by atoms with Crippen LogP contribution in [0.15, 0.2) is 4.52 Å². The van der Waals surface area contributed by atoms with E-state index in [0.29, 0.717) is 0 Å². The van der Waals surface area contributed by atoms with E-state index in [1.807, 2.05) is 0 Å². The Balaban J connectivity index is 2.34. The molecule has 0 unspecified atom stereocenters. The number of nitrogens with two attached hydrogens (primary N) is 1. The summed E-state index contributed by atoms with van der Waals surface area (Å²) in [6.07, 6.45) is 5.02. The lowest BCUT2D eigenvalue weighted by atomic mass is 9.92. The minimum Gasteiger partial charge on any atom is -0.339 e. The molecule has 1 heterocycles. The first kappa shape index (κ1) is 13.2. The molecule has 0 atom stereocenters. The van der Waals surface area contributed by atoms with Gasteiger partial charge in [0.2, 0.25) is 5.89 Å². The Kier molecular flexibility index (Phi) is 4.93. The molecule has 16 heavy (non-hydrogen) atoms. The summed E-state index contributed by atoms with van der Waals surface area (Å²) < 4.78 is 5.20. The third-order valence-electron chi connectivity index (χ3n) is 2.29. The van der Waals surface area contributed by atoms with E-state index in [2.05, 4.69) is 30.9 Å². The van der Waals surface area contributed by atoms with Crippen LogP contribution in [0.1, 0.15) is 51.7 Å². The fourth-order valence-electron chi connectivity index (χ4n) is 1.54. The van der Waals surface area contributed by atoms with E-state index in [-0.39, 0.29) is 5.41 Å². The van der Waals surface area contributed by atoms with Gasteiger partial charge in [-0.3, -0.25) is 0 Å². The summed E-state index contributed by atoms with van der Waals surface area (Å²) in [5.41, 5.74) is 5.64. The van der Waals surface area contributed by atoms with Crippen molar-refractivity contribution in [2.75, 3.05) is 6.54 Å². The Labute approximate surface area is 97.6 Å². The van der Waals surface area contributed by atoms with Gasteiger partial charge in [-0.2, -0.15) is 4.98 Å². The summed E-state index contributed by atoms with van der Waals surface area (Å²) in [6.45, 7) is 7.28. The molecule has 92 valence electrons. The highest BCUT2D eigenvalue weighted by Crippen LogP contribution is 2.18. The van der Waals surface area contributed by atoms with Gasteiger partial charge in [-0.1, -0.05) is 32.3 Å². The monoisotopic (exact) mass is 225 g/mol. The minimum atomic E-state index is 0.209. The Morgan fingerprint density at radius 2 is 1.94 bits per heavy atom. The molecule has 0 aromatic carbocycles. The molecule has 0 radical (unpaired) electrons. The quantitative estimate of drug-likeness (QED) is 0.755. The molecular weight excluding hydrogens is 202 g/mol. The second-order valence-electron chi connectivity index (χ2n) is 5.44. The molecule has 0 saturated carbocycles. The number of nitrogens with zero attached hydrogens (tertiary/aromatic N) is 2.